The van der Waals surface area contributed by atoms with Gasteiger partial charge in [0.2, 0.25) is 11.8 Å². The van der Waals surface area contributed by atoms with Crippen LogP contribution in [0.25, 0.3) is 0 Å². The Morgan fingerprint density at radius 3 is 2.22 bits per heavy atom. The highest BCUT2D eigenvalue weighted by molar-refractivity contribution is 6.02. The van der Waals surface area contributed by atoms with E-state index in [-0.39, 0.29) is 19.1 Å². The molecular weight excluding hydrogens is 242 g/mol. The van der Waals surface area contributed by atoms with E-state index in [0.717, 1.165) is 9.80 Å². The Morgan fingerprint density at radius 1 is 1.33 bits per heavy atom. The normalized spacial score (nSPS) is 15.6. The highest BCUT2D eigenvalue weighted by Gasteiger charge is 2.31. The van der Waals surface area contributed by atoms with Gasteiger partial charge >= 0.3 is 12.0 Å². The van der Waals surface area contributed by atoms with Crippen molar-refractivity contribution < 1.29 is 24.3 Å². The fourth-order valence-corrected chi connectivity index (χ4v) is 1.57. The minimum atomic E-state index is -1.15. The van der Waals surface area contributed by atoms with Gasteiger partial charge in [-0.15, -0.1) is 0 Å². The van der Waals surface area contributed by atoms with Crippen molar-refractivity contribution in [2.24, 2.45) is 0 Å². The van der Waals surface area contributed by atoms with Crippen LogP contribution in [-0.2, 0) is 14.4 Å². The summed E-state index contributed by atoms with van der Waals surface area (Å²) in [6.45, 7) is 2.36. The van der Waals surface area contributed by atoms with Crippen LogP contribution < -0.4 is 5.32 Å². The van der Waals surface area contributed by atoms with Gasteiger partial charge in [-0.25, -0.2) is 4.79 Å². The highest BCUT2D eigenvalue weighted by Crippen LogP contribution is 2.06. The Morgan fingerprint density at radius 2 is 1.83 bits per heavy atom. The number of imide groups is 1. The average molecular weight is 257 g/mol. The second-order valence-electron chi connectivity index (χ2n) is 4.23. The van der Waals surface area contributed by atoms with Crippen molar-refractivity contribution in [1.82, 2.24) is 15.1 Å². The van der Waals surface area contributed by atoms with E-state index in [2.05, 4.69) is 5.32 Å². The number of hydrogen-bond donors (Lipinski definition) is 2. The standard InChI is InChI=1S/C10H15N3O5/c1-6(2)13(5-9(16)17)10(18)12-3-7(14)11-8(15)4-12/h6H,3-5H2,1-2H3,(H,16,17)(H,11,14,15). The van der Waals surface area contributed by atoms with Crippen molar-refractivity contribution >= 4 is 23.8 Å². The van der Waals surface area contributed by atoms with E-state index < -0.39 is 30.4 Å². The van der Waals surface area contributed by atoms with E-state index in [4.69, 9.17) is 5.11 Å². The number of aliphatic carboxylic acids is 1. The lowest BCUT2D eigenvalue weighted by molar-refractivity contribution is -0.138. The Bertz CT molecular complexity index is 377. The first-order valence-electron chi connectivity index (χ1n) is 5.41. The van der Waals surface area contributed by atoms with Crippen LogP contribution in [0.5, 0.6) is 0 Å². The van der Waals surface area contributed by atoms with Crippen molar-refractivity contribution in [3.63, 3.8) is 0 Å². The molecule has 0 aliphatic carbocycles. The van der Waals surface area contributed by atoms with Gasteiger partial charge in [-0.05, 0) is 13.8 Å². The number of rotatable bonds is 3. The summed E-state index contributed by atoms with van der Waals surface area (Å²) in [7, 11) is 0. The molecule has 1 fully saturated rings. The number of nitrogens with zero attached hydrogens (tertiary/aromatic N) is 2. The Balaban J connectivity index is 2.79. The van der Waals surface area contributed by atoms with Crippen LogP contribution in [0.2, 0.25) is 0 Å². The fraction of sp³-hybridized carbons (Fsp3) is 0.600. The zero-order chi connectivity index (χ0) is 13.9. The number of carboxylic acids is 1. The number of carbonyl (C=O) groups excluding carboxylic acids is 3. The predicted octanol–water partition coefficient (Wildman–Crippen LogP) is -1.14. The second kappa shape index (κ2) is 5.48. The minimum absolute atomic E-state index is 0.243. The van der Waals surface area contributed by atoms with Crippen LogP contribution in [0, 0.1) is 0 Å². The van der Waals surface area contributed by atoms with E-state index in [1.165, 1.54) is 0 Å². The van der Waals surface area contributed by atoms with Crippen LogP contribution >= 0.6 is 0 Å². The first-order chi connectivity index (χ1) is 8.31. The largest absolute Gasteiger partial charge is 0.480 e. The summed E-state index contributed by atoms with van der Waals surface area (Å²) >= 11 is 0. The molecule has 2 N–H and O–H groups in total. The van der Waals surface area contributed by atoms with Gasteiger partial charge < -0.3 is 14.9 Å². The van der Waals surface area contributed by atoms with Crippen LogP contribution in [-0.4, -0.2) is 64.4 Å². The molecule has 100 valence electrons. The lowest BCUT2D eigenvalue weighted by atomic mass is 10.3. The molecule has 18 heavy (non-hydrogen) atoms. The molecule has 1 aliphatic heterocycles. The van der Waals surface area contributed by atoms with Crippen LogP contribution in [0.4, 0.5) is 4.79 Å². The molecule has 1 saturated heterocycles. The quantitative estimate of drug-likeness (QED) is 0.621. The molecule has 8 nitrogen and oxygen atoms in total. The van der Waals surface area contributed by atoms with Gasteiger partial charge in [0.1, 0.15) is 19.6 Å². The molecule has 0 unspecified atom stereocenters. The lowest BCUT2D eigenvalue weighted by Crippen LogP contribution is -2.58. The second-order valence-corrected chi connectivity index (χ2v) is 4.23. The van der Waals surface area contributed by atoms with Gasteiger partial charge in [0.25, 0.3) is 0 Å². The first-order valence-corrected chi connectivity index (χ1v) is 5.41. The third-order valence-corrected chi connectivity index (χ3v) is 2.39. The van der Waals surface area contributed by atoms with Crippen LogP contribution in [0.3, 0.4) is 0 Å². The van der Waals surface area contributed by atoms with E-state index in [1.54, 1.807) is 13.8 Å². The van der Waals surface area contributed by atoms with Crippen molar-refractivity contribution in [3.05, 3.63) is 0 Å². The zero-order valence-electron chi connectivity index (χ0n) is 10.2. The molecule has 0 aromatic rings. The van der Waals surface area contributed by atoms with E-state index >= 15 is 0 Å². The van der Waals surface area contributed by atoms with E-state index in [9.17, 15) is 19.2 Å². The molecule has 1 aliphatic rings. The predicted molar refractivity (Wildman–Crippen MR) is 59.6 cm³/mol. The van der Waals surface area contributed by atoms with Crippen molar-refractivity contribution in [3.8, 4) is 0 Å². The molecule has 0 saturated carbocycles. The Hall–Kier alpha value is -2.12. The van der Waals surface area contributed by atoms with Gasteiger partial charge in [-0.3, -0.25) is 19.7 Å². The molecular formula is C10H15N3O5. The molecule has 0 bridgehead atoms. The van der Waals surface area contributed by atoms with Crippen LogP contribution in [0.1, 0.15) is 13.8 Å². The van der Waals surface area contributed by atoms with E-state index in [0.29, 0.717) is 0 Å². The number of carboxylic acid groups (broad SMARTS) is 1. The maximum Gasteiger partial charge on any atom is 0.323 e. The summed E-state index contributed by atoms with van der Waals surface area (Å²) in [6, 6.07) is -0.968. The molecule has 0 atom stereocenters. The maximum atomic E-state index is 12.0. The van der Waals surface area contributed by atoms with Crippen molar-refractivity contribution in [2.75, 3.05) is 19.6 Å². The molecule has 0 spiro atoms. The molecule has 1 heterocycles. The summed E-state index contributed by atoms with van der Waals surface area (Å²) in [5.74, 6) is -2.29. The van der Waals surface area contributed by atoms with Crippen molar-refractivity contribution in [1.29, 1.82) is 0 Å². The smallest absolute Gasteiger partial charge is 0.323 e. The van der Waals surface area contributed by atoms with E-state index in [1.807, 2.05) is 0 Å². The zero-order valence-corrected chi connectivity index (χ0v) is 10.2. The number of carbonyl (C=O) groups is 4. The van der Waals surface area contributed by atoms with Gasteiger partial charge in [-0.2, -0.15) is 0 Å². The fourth-order valence-electron chi connectivity index (χ4n) is 1.57. The third-order valence-electron chi connectivity index (χ3n) is 2.39. The van der Waals surface area contributed by atoms with Crippen LogP contribution in [0.15, 0.2) is 0 Å². The third kappa shape index (κ3) is 3.44. The minimum Gasteiger partial charge on any atom is -0.480 e. The SMILES string of the molecule is CC(C)N(CC(=O)O)C(=O)N1CC(=O)NC(=O)C1. The number of urea groups is 1. The maximum absolute atomic E-state index is 12.0. The lowest BCUT2D eigenvalue weighted by Gasteiger charge is -2.33. The summed E-state index contributed by atoms with van der Waals surface area (Å²) in [4.78, 5) is 47.1. The highest BCUT2D eigenvalue weighted by atomic mass is 16.4. The summed E-state index contributed by atoms with van der Waals surface area (Å²) < 4.78 is 0. The molecule has 0 aromatic carbocycles. The van der Waals surface area contributed by atoms with Gasteiger partial charge in [0.05, 0.1) is 0 Å². The summed E-state index contributed by atoms with van der Waals surface area (Å²) in [6.07, 6.45) is 0. The Labute approximate surface area is 104 Å². The number of piperazine rings is 1. The number of amides is 4. The summed E-state index contributed by atoms with van der Waals surface area (Å²) in [5, 5.41) is 10.8. The van der Waals surface area contributed by atoms with Gasteiger partial charge in [0.15, 0.2) is 0 Å². The monoisotopic (exact) mass is 257 g/mol. The van der Waals surface area contributed by atoms with Crippen molar-refractivity contribution in [2.45, 2.75) is 19.9 Å². The molecule has 0 aromatic heterocycles. The first kappa shape index (κ1) is 13.9. The molecule has 0 radical (unpaired) electrons. The summed E-state index contributed by atoms with van der Waals surface area (Å²) in [5.41, 5.74) is 0. The molecule has 8 heteroatoms. The number of hydrogen-bond acceptors (Lipinski definition) is 4. The topological polar surface area (TPSA) is 107 Å². The Kier molecular flexibility index (Phi) is 4.24. The van der Waals surface area contributed by atoms with Gasteiger partial charge in [0, 0.05) is 6.04 Å². The average Bonchev–Trinajstić information content (AvgIpc) is 2.23. The number of nitrogens with one attached hydrogen (secondary N) is 1. The molecule has 4 amide bonds. The molecule has 1 rings (SSSR count). The van der Waals surface area contributed by atoms with Gasteiger partial charge in [-0.1, -0.05) is 0 Å².